The molecule has 0 amide bonds. The van der Waals surface area contributed by atoms with Gasteiger partial charge < -0.3 is 14.5 Å². The number of hydrogen-bond acceptors (Lipinski definition) is 6. The van der Waals surface area contributed by atoms with Crippen LogP contribution < -0.4 is 0 Å². The van der Waals surface area contributed by atoms with Crippen molar-refractivity contribution >= 4 is 11.6 Å². The molecule has 0 N–H and O–H groups in total. The van der Waals surface area contributed by atoms with E-state index in [4.69, 9.17) is 16.3 Å². The number of fused-ring (bicyclic) bond motifs is 1. The van der Waals surface area contributed by atoms with Crippen LogP contribution in [-0.4, -0.2) is 45.6 Å². The lowest BCUT2D eigenvalue weighted by atomic mass is 9.98. The largest absolute Gasteiger partial charge is 0.358 e. The fraction of sp³-hybridized carbons (Fsp3) is 0.588. The standard InChI is InChI=1S/C17H23ClN4O3/c1-3-8-25-15-9-12(2)16(22(23)24)17-20(6-7-21(15)17)11-13-4-5-14(18)19-10-13/h4-5,10,12,15H,3,6-9,11H2,1-2H3/t12-,15+/m1/s1. The molecule has 0 bridgehead atoms. The van der Waals surface area contributed by atoms with Crippen molar-refractivity contribution < 1.29 is 9.66 Å². The maximum atomic E-state index is 11.7. The normalized spacial score (nSPS) is 23.2. The van der Waals surface area contributed by atoms with E-state index in [-0.39, 0.29) is 22.8 Å². The zero-order chi connectivity index (χ0) is 18.0. The summed E-state index contributed by atoms with van der Waals surface area (Å²) in [6, 6.07) is 3.64. The SMILES string of the molecule is CCCO[C@H]1C[C@@H](C)C([N+](=O)[O-])=C2N(Cc3ccc(Cl)nc3)CCN21. The van der Waals surface area contributed by atoms with E-state index in [0.29, 0.717) is 30.5 Å². The highest BCUT2D eigenvalue weighted by Gasteiger charge is 2.45. The molecule has 0 saturated carbocycles. The molecule has 8 heteroatoms. The van der Waals surface area contributed by atoms with Crippen molar-refractivity contribution in [1.29, 1.82) is 0 Å². The molecule has 1 fully saturated rings. The van der Waals surface area contributed by atoms with Crippen LogP contribution in [0.1, 0.15) is 32.3 Å². The second-order valence-corrected chi connectivity index (χ2v) is 6.92. The summed E-state index contributed by atoms with van der Waals surface area (Å²) >= 11 is 5.84. The van der Waals surface area contributed by atoms with Crippen LogP contribution >= 0.6 is 11.6 Å². The Labute approximate surface area is 152 Å². The quantitative estimate of drug-likeness (QED) is 0.437. The molecule has 136 valence electrons. The number of halogens is 1. The number of nitro groups is 1. The van der Waals surface area contributed by atoms with Gasteiger partial charge in [-0.2, -0.15) is 0 Å². The van der Waals surface area contributed by atoms with Crippen LogP contribution in [0.2, 0.25) is 5.15 Å². The van der Waals surface area contributed by atoms with E-state index >= 15 is 0 Å². The van der Waals surface area contributed by atoms with Gasteiger partial charge >= 0.3 is 0 Å². The van der Waals surface area contributed by atoms with Crippen LogP contribution in [0.15, 0.2) is 29.8 Å². The van der Waals surface area contributed by atoms with Gasteiger partial charge in [-0.3, -0.25) is 10.1 Å². The van der Waals surface area contributed by atoms with Gasteiger partial charge in [-0.15, -0.1) is 0 Å². The van der Waals surface area contributed by atoms with E-state index in [1.165, 1.54) is 0 Å². The van der Waals surface area contributed by atoms with Crippen LogP contribution in [0.5, 0.6) is 0 Å². The first-order valence-corrected chi connectivity index (χ1v) is 9.01. The van der Waals surface area contributed by atoms with Crippen LogP contribution in [-0.2, 0) is 11.3 Å². The van der Waals surface area contributed by atoms with Gasteiger partial charge in [0.1, 0.15) is 11.4 Å². The van der Waals surface area contributed by atoms with E-state index in [1.807, 2.05) is 13.0 Å². The van der Waals surface area contributed by atoms with Crippen molar-refractivity contribution in [2.45, 2.75) is 39.5 Å². The first kappa shape index (κ1) is 17.9. The third-order valence-electron chi connectivity index (χ3n) is 4.65. The number of ether oxygens (including phenoxy) is 1. The minimum atomic E-state index is -0.235. The van der Waals surface area contributed by atoms with Gasteiger partial charge in [0.05, 0.1) is 10.8 Å². The van der Waals surface area contributed by atoms with Crippen molar-refractivity contribution in [2.75, 3.05) is 19.7 Å². The molecule has 2 atom stereocenters. The molecule has 3 rings (SSSR count). The second kappa shape index (κ2) is 7.58. The smallest absolute Gasteiger partial charge is 0.289 e. The molecule has 0 unspecified atom stereocenters. The van der Waals surface area contributed by atoms with E-state index in [2.05, 4.69) is 21.7 Å². The predicted octanol–water partition coefficient (Wildman–Crippen LogP) is 3.09. The molecular weight excluding hydrogens is 344 g/mol. The van der Waals surface area contributed by atoms with Gasteiger partial charge in [-0.1, -0.05) is 31.5 Å². The number of allylic oxidation sites excluding steroid dienone is 1. The van der Waals surface area contributed by atoms with Crippen molar-refractivity contribution in [2.24, 2.45) is 5.92 Å². The molecule has 25 heavy (non-hydrogen) atoms. The third-order valence-corrected chi connectivity index (χ3v) is 4.88. The number of hydrogen-bond donors (Lipinski definition) is 0. The van der Waals surface area contributed by atoms with Crippen LogP contribution in [0.25, 0.3) is 0 Å². The minimum Gasteiger partial charge on any atom is -0.358 e. The van der Waals surface area contributed by atoms with Crippen molar-refractivity contribution in [3.05, 3.63) is 50.7 Å². The molecule has 2 aliphatic heterocycles. The molecule has 1 saturated heterocycles. The zero-order valence-corrected chi connectivity index (χ0v) is 15.3. The van der Waals surface area contributed by atoms with Crippen LogP contribution in [0.3, 0.4) is 0 Å². The van der Waals surface area contributed by atoms with Gasteiger partial charge in [-0.05, 0) is 18.1 Å². The summed E-state index contributed by atoms with van der Waals surface area (Å²) in [6.45, 7) is 6.67. The Balaban J connectivity index is 1.89. The summed E-state index contributed by atoms with van der Waals surface area (Å²) in [5.41, 5.74) is 1.27. The third kappa shape index (κ3) is 3.72. The lowest BCUT2D eigenvalue weighted by Gasteiger charge is -2.37. The van der Waals surface area contributed by atoms with Gasteiger partial charge in [0.2, 0.25) is 0 Å². The Morgan fingerprint density at radius 2 is 2.24 bits per heavy atom. The summed E-state index contributed by atoms with van der Waals surface area (Å²) in [6.07, 6.45) is 3.20. The number of nitrogens with zero attached hydrogens (tertiary/aromatic N) is 4. The maximum absolute atomic E-state index is 11.7. The number of pyridine rings is 1. The highest BCUT2D eigenvalue weighted by atomic mass is 35.5. The van der Waals surface area contributed by atoms with Gasteiger partial charge in [0.25, 0.3) is 5.70 Å². The van der Waals surface area contributed by atoms with Gasteiger partial charge in [0.15, 0.2) is 5.82 Å². The molecule has 0 radical (unpaired) electrons. The van der Waals surface area contributed by atoms with E-state index in [0.717, 1.165) is 25.1 Å². The predicted molar refractivity (Wildman–Crippen MR) is 94.2 cm³/mol. The molecule has 0 spiro atoms. The Kier molecular flexibility index (Phi) is 5.44. The summed E-state index contributed by atoms with van der Waals surface area (Å²) < 4.78 is 5.97. The van der Waals surface area contributed by atoms with Gasteiger partial charge in [-0.25, -0.2) is 4.98 Å². The summed E-state index contributed by atoms with van der Waals surface area (Å²) in [5, 5.41) is 12.1. The van der Waals surface area contributed by atoms with Crippen LogP contribution in [0, 0.1) is 16.0 Å². The zero-order valence-electron chi connectivity index (χ0n) is 14.5. The molecule has 1 aromatic heterocycles. The number of aromatic nitrogens is 1. The molecule has 0 aliphatic carbocycles. The average Bonchev–Trinajstić information content (AvgIpc) is 2.98. The van der Waals surface area contributed by atoms with E-state index in [1.54, 1.807) is 12.3 Å². The summed E-state index contributed by atoms with van der Waals surface area (Å²) in [4.78, 5) is 19.7. The van der Waals surface area contributed by atoms with Gasteiger partial charge in [0, 0.05) is 38.9 Å². The fourth-order valence-corrected chi connectivity index (χ4v) is 3.63. The van der Waals surface area contributed by atoms with E-state index in [9.17, 15) is 10.1 Å². The first-order valence-electron chi connectivity index (χ1n) is 8.63. The molecule has 2 aliphatic rings. The highest BCUT2D eigenvalue weighted by Crippen LogP contribution is 2.37. The van der Waals surface area contributed by atoms with E-state index < -0.39 is 0 Å². The van der Waals surface area contributed by atoms with Crippen molar-refractivity contribution in [3.63, 3.8) is 0 Å². The Hall–Kier alpha value is -1.86. The molecule has 3 heterocycles. The Bertz CT molecular complexity index is 664. The average molecular weight is 367 g/mol. The first-order chi connectivity index (χ1) is 12.0. The highest BCUT2D eigenvalue weighted by molar-refractivity contribution is 6.29. The fourth-order valence-electron chi connectivity index (χ4n) is 3.52. The maximum Gasteiger partial charge on any atom is 0.289 e. The lowest BCUT2D eigenvalue weighted by molar-refractivity contribution is -0.439. The lowest BCUT2D eigenvalue weighted by Crippen LogP contribution is -2.43. The molecule has 1 aromatic rings. The van der Waals surface area contributed by atoms with Crippen molar-refractivity contribution in [3.8, 4) is 0 Å². The summed E-state index contributed by atoms with van der Waals surface area (Å²) in [7, 11) is 0. The molecule has 0 aromatic carbocycles. The second-order valence-electron chi connectivity index (χ2n) is 6.53. The van der Waals surface area contributed by atoms with Crippen LogP contribution in [0.4, 0.5) is 0 Å². The Morgan fingerprint density at radius 1 is 1.44 bits per heavy atom. The summed E-state index contributed by atoms with van der Waals surface area (Å²) in [5.74, 6) is 0.548. The topological polar surface area (TPSA) is 71.7 Å². The number of rotatable bonds is 6. The monoisotopic (exact) mass is 366 g/mol. The van der Waals surface area contributed by atoms with Crippen molar-refractivity contribution in [1.82, 2.24) is 14.8 Å². The molecular formula is C17H23ClN4O3. The Morgan fingerprint density at radius 3 is 2.88 bits per heavy atom. The minimum absolute atomic E-state index is 0.0954. The molecule has 7 nitrogen and oxygen atoms in total.